The highest BCUT2D eigenvalue weighted by molar-refractivity contribution is 5.76. The quantitative estimate of drug-likeness (QED) is 0.577. The number of hydrogen-bond acceptors (Lipinski definition) is 5. The van der Waals surface area contributed by atoms with Crippen LogP contribution >= 0.6 is 0 Å². The zero-order valence-corrected chi connectivity index (χ0v) is 19.1. The molecule has 1 fully saturated rings. The minimum absolute atomic E-state index is 0.131. The Kier molecular flexibility index (Phi) is 8.18. The highest BCUT2D eigenvalue weighted by Crippen LogP contribution is 2.28. The van der Waals surface area contributed by atoms with E-state index in [1.54, 1.807) is 14.2 Å². The molecule has 1 atom stereocenters. The first-order valence-corrected chi connectivity index (χ1v) is 10.9. The molecule has 1 saturated heterocycles. The van der Waals surface area contributed by atoms with E-state index >= 15 is 0 Å². The smallest absolute Gasteiger partial charge is 0.223 e. The molecule has 0 N–H and O–H groups in total. The fraction of sp³-hybridized carbons (Fsp3) is 0.480. The Balaban J connectivity index is 1.66. The average molecular weight is 427 g/mol. The van der Waals surface area contributed by atoms with Crippen molar-refractivity contribution in [2.45, 2.75) is 38.3 Å². The lowest BCUT2D eigenvalue weighted by Gasteiger charge is -2.26. The van der Waals surface area contributed by atoms with Crippen molar-refractivity contribution in [3.63, 3.8) is 0 Å². The van der Waals surface area contributed by atoms with Crippen molar-refractivity contribution in [1.29, 1.82) is 0 Å². The van der Waals surface area contributed by atoms with Gasteiger partial charge in [0.1, 0.15) is 0 Å². The first kappa shape index (κ1) is 22.9. The molecular weight excluding hydrogens is 392 g/mol. The van der Waals surface area contributed by atoms with Gasteiger partial charge in [-0.15, -0.1) is 0 Å². The molecule has 2 aromatic carbocycles. The third-order valence-electron chi connectivity index (χ3n) is 5.70. The summed E-state index contributed by atoms with van der Waals surface area (Å²) in [5.74, 6) is 1.52. The van der Waals surface area contributed by atoms with Gasteiger partial charge >= 0.3 is 0 Å². The molecule has 1 heterocycles. The molecule has 0 aliphatic carbocycles. The number of amides is 1. The van der Waals surface area contributed by atoms with E-state index < -0.39 is 0 Å². The molecule has 0 bridgehead atoms. The minimum atomic E-state index is 0.131. The van der Waals surface area contributed by atoms with E-state index in [-0.39, 0.29) is 12.0 Å². The first-order valence-electron chi connectivity index (χ1n) is 10.9. The van der Waals surface area contributed by atoms with Gasteiger partial charge in [0.25, 0.3) is 0 Å². The van der Waals surface area contributed by atoms with Crippen LogP contribution in [0.4, 0.5) is 5.69 Å². The van der Waals surface area contributed by atoms with Gasteiger partial charge in [-0.1, -0.05) is 18.2 Å². The van der Waals surface area contributed by atoms with Crippen LogP contribution in [0.15, 0.2) is 42.5 Å². The molecule has 1 aliphatic heterocycles. The molecule has 1 unspecified atom stereocenters. The van der Waals surface area contributed by atoms with Crippen LogP contribution in [0.2, 0.25) is 0 Å². The van der Waals surface area contributed by atoms with E-state index in [4.69, 9.17) is 14.2 Å². The lowest BCUT2D eigenvalue weighted by atomic mass is 10.1. The summed E-state index contributed by atoms with van der Waals surface area (Å²) in [5, 5.41) is 0. The third kappa shape index (κ3) is 6.37. The van der Waals surface area contributed by atoms with Crippen molar-refractivity contribution in [2.75, 3.05) is 46.4 Å². The molecule has 31 heavy (non-hydrogen) atoms. The fourth-order valence-electron chi connectivity index (χ4n) is 3.85. The van der Waals surface area contributed by atoms with Crippen LogP contribution in [-0.4, -0.2) is 58.4 Å². The molecule has 2 aromatic rings. The van der Waals surface area contributed by atoms with Crippen LogP contribution in [0.3, 0.4) is 0 Å². The van der Waals surface area contributed by atoms with Crippen LogP contribution in [0, 0.1) is 0 Å². The summed E-state index contributed by atoms with van der Waals surface area (Å²) in [6.07, 6.45) is 3.30. The predicted octanol–water partition coefficient (Wildman–Crippen LogP) is 3.91. The van der Waals surface area contributed by atoms with Crippen LogP contribution in [0.25, 0.3) is 0 Å². The number of aryl methyl sites for hydroxylation is 1. The Labute approximate surface area is 185 Å². The van der Waals surface area contributed by atoms with Crippen LogP contribution in [-0.2, 0) is 22.5 Å². The Morgan fingerprint density at radius 3 is 2.35 bits per heavy atom. The molecule has 0 saturated carbocycles. The number of rotatable bonds is 10. The summed E-state index contributed by atoms with van der Waals surface area (Å²) in [6.45, 7) is 2.02. The number of ether oxygens (including phenoxy) is 3. The Morgan fingerprint density at radius 2 is 1.74 bits per heavy atom. The molecule has 6 heteroatoms. The Bertz CT molecular complexity index is 845. The Hall–Kier alpha value is -2.73. The molecule has 0 radical (unpaired) electrons. The lowest BCUT2D eigenvalue weighted by Crippen LogP contribution is -2.37. The van der Waals surface area contributed by atoms with E-state index in [1.165, 1.54) is 0 Å². The van der Waals surface area contributed by atoms with Crippen molar-refractivity contribution < 1.29 is 19.0 Å². The monoisotopic (exact) mass is 426 g/mol. The molecule has 168 valence electrons. The van der Waals surface area contributed by atoms with Crippen molar-refractivity contribution in [3.8, 4) is 11.5 Å². The summed E-state index contributed by atoms with van der Waals surface area (Å²) in [7, 11) is 7.29. The number of carbonyl (C=O) groups excluding carboxylic acids is 1. The molecular formula is C25H34N2O4. The van der Waals surface area contributed by atoms with Crippen LogP contribution in [0.5, 0.6) is 11.5 Å². The minimum Gasteiger partial charge on any atom is -0.493 e. The third-order valence-corrected chi connectivity index (χ3v) is 5.70. The molecule has 0 spiro atoms. The summed E-state index contributed by atoms with van der Waals surface area (Å²) < 4.78 is 16.5. The second-order valence-electron chi connectivity index (χ2n) is 8.16. The molecule has 1 aliphatic rings. The highest BCUT2D eigenvalue weighted by Gasteiger charge is 2.23. The van der Waals surface area contributed by atoms with Crippen LogP contribution in [0.1, 0.15) is 30.4 Å². The second kappa shape index (κ2) is 11.0. The second-order valence-corrected chi connectivity index (χ2v) is 8.16. The van der Waals surface area contributed by atoms with Gasteiger partial charge in [-0.05, 0) is 54.7 Å². The van der Waals surface area contributed by atoms with E-state index in [0.29, 0.717) is 37.4 Å². The van der Waals surface area contributed by atoms with E-state index in [1.807, 2.05) is 37.2 Å². The van der Waals surface area contributed by atoms with Gasteiger partial charge in [-0.25, -0.2) is 0 Å². The van der Waals surface area contributed by atoms with Gasteiger partial charge in [0.05, 0.1) is 20.3 Å². The average Bonchev–Trinajstić information content (AvgIpc) is 3.30. The van der Waals surface area contributed by atoms with Crippen LogP contribution < -0.4 is 14.4 Å². The van der Waals surface area contributed by atoms with E-state index in [2.05, 4.69) is 29.2 Å². The normalized spacial score (nSPS) is 15.5. The SMILES string of the molecule is COc1ccc(CCC(=O)N(Cc2ccc(N(C)C)cc2)CC2CCCO2)cc1OC. The number of hydrogen-bond donors (Lipinski definition) is 0. The zero-order chi connectivity index (χ0) is 22.2. The molecule has 0 aromatic heterocycles. The predicted molar refractivity (Wildman–Crippen MR) is 123 cm³/mol. The number of methoxy groups -OCH3 is 2. The van der Waals surface area contributed by atoms with Crippen molar-refractivity contribution >= 4 is 11.6 Å². The summed E-state index contributed by atoms with van der Waals surface area (Å²) in [5.41, 5.74) is 3.33. The van der Waals surface area contributed by atoms with Crippen molar-refractivity contribution in [1.82, 2.24) is 4.90 Å². The van der Waals surface area contributed by atoms with Gasteiger partial charge in [-0.3, -0.25) is 4.79 Å². The van der Waals surface area contributed by atoms with E-state index in [9.17, 15) is 4.79 Å². The number of benzene rings is 2. The Morgan fingerprint density at radius 1 is 1.03 bits per heavy atom. The number of anilines is 1. The maximum absolute atomic E-state index is 13.2. The molecule has 3 rings (SSSR count). The highest BCUT2D eigenvalue weighted by atomic mass is 16.5. The summed E-state index contributed by atoms with van der Waals surface area (Å²) in [6, 6.07) is 14.2. The van der Waals surface area contributed by atoms with Gasteiger partial charge in [0.2, 0.25) is 5.91 Å². The number of nitrogens with zero attached hydrogens (tertiary/aromatic N) is 2. The van der Waals surface area contributed by atoms with Crippen molar-refractivity contribution in [3.05, 3.63) is 53.6 Å². The zero-order valence-electron chi connectivity index (χ0n) is 19.1. The number of carbonyl (C=O) groups is 1. The van der Waals surface area contributed by atoms with Gasteiger partial charge in [-0.2, -0.15) is 0 Å². The first-order chi connectivity index (χ1) is 15.0. The lowest BCUT2D eigenvalue weighted by molar-refractivity contribution is -0.133. The van der Waals surface area contributed by atoms with Gasteiger partial charge in [0, 0.05) is 45.9 Å². The standard InChI is InChI=1S/C25H34N2O4/c1-26(2)21-11-7-20(8-12-21)17-27(18-22-6-5-15-31-22)25(28)14-10-19-9-13-23(29-3)24(16-19)30-4/h7-9,11-13,16,22H,5-6,10,14-15,17-18H2,1-4H3. The van der Waals surface area contributed by atoms with Gasteiger partial charge in [0.15, 0.2) is 11.5 Å². The van der Waals surface area contributed by atoms with E-state index in [0.717, 1.165) is 36.3 Å². The van der Waals surface area contributed by atoms with Gasteiger partial charge < -0.3 is 24.0 Å². The summed E-state index contributed by atoms with van der Waals surface area (Å²) >= 11 is 0. The maximum Gasteiger partial charge on any atom is 0.223 e. The topological polar surface area (TPSA) is 51.2 Å². The van der Waals surface area contributed by atoms with Crippen molar-refractivity contribution in [2.24, 2.45) is 0 Å². The maximum atomic E-state index is 13.2. The largest absolute Gasteiger partial charge is 0.493 e. The molecule has 1 amide bonds. The summed E-state index contributed by atoms with van der Waals surface area (Å²) in [4.78, 5) is 17.2. The molecule has 6 nitrogen and oxygen atoms in total. The fourth-order valence-corrected chi connectivity index (χ4v) is 3.85.